The first-order chi connectivity index (χ1) is 10.7. The second-order valence-electron chi connectivity index (χ2n) is 5.42. The molecular weight excluding hydrogens is 304 g/mol. The minimum atomic E-state index is 0.325. The van der Waals surface area contributed by atoms with E-state index < -0.39 is 0 Å². The smallest absolute Gasteiger partial charge is 0.298 e. The van der Waals surface area contributed by atoms with Gasteiger partial charge in [0.05, 0.1) is 11.8 Å². The second-order valence-corrected chi connectivity index (χ2v) is 5.86. The zero-order valence-corrected chi connectivity index (χ0v) is 12.8. The first kappa shape index (κ1) is 13.6. The number of hydrogen-bond donors (Lipinski definition) is 1. The summed E-state index contributed by atoms with van der Waals surface area (Å²) in [5, 5.41) is 7.69. The number of aromatic nitrogens is 2. The van der Waals surface area contributed by atoms with Crippen LogP contribution in [-0.4, -0.2) is 35.8 Å². The molecule has 2 aromatic heterocycles. The van der Waals surface area contributed by atoms with Crippen molar-refractivity contribution in [3.8, 4) is 11.3 Å². The van der Waals surface area contributed by atoms with Gasteiger partial charge < -0.3 is 19.2 Å². The highest BCUT2D eigenvalue weighted by Gasteiger charge is 2.24. The predicted octanol–water partition coefficient (Wildman–Crippen LogP) is 2.93. The lowest BCUT2D eigenvalue weighted by Crippen LogP contribution is -2.50. The Balaban J connectivity index is 1.85. The zero-order chi connectivity index (χ0) is 15.1. The van der Waals surface area contributed by atoms with Crippen molar-refractivity contribution in [2.45, 2.75) is 13.0 Å². The minimum Gasteiger partial charge on any atom is -0.423 e. The fourth-order valence-corrected chi connectivity index (χ4v) is 2.98. The van der Waals surface area contributed by atoms with Crippen molar-refractivity contribution in [2.24, 2.45) is 0 Å². The van der Waals surface area contributed by atoms with Gasteiger partial charge >= 0.3 is 0 Å². The molecule has 1 saturated heterocycles. The normalized spacial score (nSPS) is 19.0. The van der Waals surface area contributed by atoms with Crippen LogP contribution in [0.1, 0.15) is 6.92 Å². The van der Waals surface area contributed by atoms with Gasteiger partial charge in [-0.3, -0.25) is 0 Å². The zero-order valence-electron chi connectivity index (χ0n) is 12.0. The highest BCUT2D eigenvalue weighted by atomic mass is 35.5. The van der Waals surface area contributed by atoms with Gasteiger partial charge in [0.25, 0.3) is 6.01 Å². The largest absolute Gasteiger partial charge is 0.423 e. The summed E-state index contributed by atoms with van der Waals surface area (Å²) < 4.78 is 11.3. The van der Waals surface area contributed by atoms with Gasteiger partial charge in [0.15, 0.2) is 11.3 Å². The quantitative estimate of drug-likeness (QED) is 0.783. The third-order valence-corrected chi connectivity index (χ3v) is 4.11. The summed E-state index contributed by atoms with van der Waals surface area (Å²) in [7, 11) is 0. The number of halogens is 1. The summed E-state index contributed by atoms with van der Waals surface area (Å²) in [5.74, 6) is 0.614. The van der Waals surface area contributed by atoms with Gasteiger partial charge in [0.2, 0.25) is 0 Å². The molecule has 4 rings (SSSR count). The number of hydrogen-bond acceptors (Lipinski definition) is 6. The van der Waals surface area contributed by atoms with Crippen molar-refractivity contribution in [2.75, 3.05) is 24.5 Å². The van der Waals surface area contributed by atoms with E-state index in [1.165, 1.54) is 0 Å². The third kappa shape index (κ3) is 2.24. The summed E-state index contributed by atoms with van der Waals surface area (Å²) in [6.07, 6.45) is 1.59. The number of nitrogens with zero attached hydrogens (tertiary/aromatic N) is 3. The molecule has 1 aliphatic heterocycles. The molecule has 1 aromatic carbocycles. The van der Waals surface area contributed by atoms with E-state index in [1.807, 2.05) is 0 Å². The van der Waals surface area contributed by atoms with Crippen LogP contribution in [0.4, 0.5) is 6.01 Å². The Bertz CT molecular complexity index is 799. The molecule has 22 heavy (non-hydrogen) atoms. The minimum absolute atomic E-state index is 0.325. The lowest BCUT2D eigenvalue weighted by atomic mass is 10.1. The number of fused-ring (bicyclic) bond motifs is 1. The molecule has 0 amide bonds. The lowest BCUT2D eigenvalue weighted by Gasteiger charge is -2.32. The van der Waals surface area contributed by atoms with Gasteiger partial charge in [0, 0.05) is 36.8 Å². The second kappa shape index (κ2) is 5.30. The van der Waals surface area contributed by atoms with Gasteiger partial charge in [-0.2, -0.15) is 4.98 Å². The third-order valence-electron chi connectivity index (χ3n) is 3.89. The Morgan fingerprint density at radius 3 is 3.09 bits per heavy atom. The van der Waals surface area contributed by atoms with E-state index in [-0.39, 0.29) is 0 Å². The van der Waals surface area contributed by atoms with Gasteiger partial charge in [-0.25, -0.2) is 0 Å². The van der Waals surface area contributed by atoms with Gasteiger partial charge in [-0.05, 0) is 19.1 Å². The predicted molar refractivity (Wildman–Crippen MR) is 84.2 cm³/mol. The summed E-state index contributed by atoms with van der Waals surface area (Å²) in [5.41, 5.74) is 2.16. The van der Waals surface area contributed by atoms with Crippen LogP contribution in [0, 0.1) is 0 Å². The van der Waals surface area contributed by atoms with Crippen LogP contribution < -0.4 is 10.2 Å². The Hall–Kier alpha value is -2.05. The summed E-state index contributed by atoms with van der Waals surface area (Å²) in [6, 6.07) is 6.33. The summed E-state index contributed by atoms with van der Waals surface area (Å²) >= 11 is 6.20. The van der Waals surface area contributed by atoms with Crippen LogP contribution in [0.2, 0.25) is 5.02 Å². The molecule has 6 nitrogen and oxygen atoms in total. The Morgan fingerprint density at radius 2 is 2.32 bits per heavy atom. The van der Waals surface area contributed by atoms with Crippen LogP contribution in [0.25, 0.3) is 22.4 Å². The molecule has 3 heterocycles. The number of nitrogens with one attached hydrogen (secondary N) is 1. The molecule has 7 heteroatoms. The molecule has 0 spiro atoms. The van der Waals surface area contributed by atoms with Crippen LogP contribution in [0.15, 0.2) is 33.3 Å². The van der Waals surface area contributed by atoms with Crippen molar-refractivity contribution >= 4 is 28.7 Å². The average Bonchev–Trinajstić information content (AvgIpc) is 3.15. The molecule has 1 fully saturated rings. The first-order valence-electron chi connectivity index (χ1n) is 7.21. The van der Waals surface area contributed by atoms with Crippen LogP contribution in [0.3, 0.4) is 0 Å². The van der Waals surface area contributed by atoms with Crippen molar-refractivity contribution in [3.05, 3.63) is 29.4 Å². The SMILES string of the molecule is C[C@H]1CNCCN1c1nc2cc(Cl)cc(-c3ccno3)c2o1. The molecular formula is C15H15ClN4O2. The van der Waals surface area contributed by atoms with E-state index in [0.717, 1.165) is 30.7 Å². The molecule has 0 aliphatic carbocycles. The van der Waals surface area contributed by atoms with Gasteiger partial charge in [-0.15, -0.1) is 0 Å². The lowest BCUT2D eigenvalue weighted by molar-refractivity contribution is 0.431. The number of anilines is 1. The van der Waals surface area contributed by atoms with E-state index in [1.54, 1.807) is 24.4 Å². The number of benzene rings is 1. The highest BCUT2D eigenvalue weighted by Crippen LogP contribution is 2.34. The van der Waals surface area contributed by atoms with Crippen LogP contribution >= 0.6 is 11.6 Å². The summed E-state index contributed by atoms with van der Waals surface area (Å²) in [4.78, 5) is 6.76. The number of piperazine rings is 1. The van der Waals surface area contributed by atoms with Crippen molar-refractivity contribution in [3.63, 3.8) is 0 Å². The molecule has 0 bridgehead atoms. The fourth-order valence-electron chi connectivity index (χ4n) is 2.77. The van der Waals surface area contributed by atoms with E-state index in [2.05, 4.69) is 27.3 Å². The van der Waals surface area contributed by atoms with E-state index in [4.69, 9.17) is 20.5 Å². The fraction of sp³-hybridized carbons (Fsp3) is 0.333. The number of rotatable bonds is 2. The Kier molecular flexibility index (Phi) is 3.28. The van der Waals surface area contributed by atoms with E-state index >= 15 is 0 Å². The molecule has 0 unspecified atom stereocenters. The van der Waals surface area contributed by atoms with Crippen molar-refractivity contribution in [1.82, 2.24) is 15.5 Å². The Morgan fingerprint density at radius 1 is 1.41 bits per heavy atom. The van der Waals surface area contributed by atoms with Crippen molar-refractivity contribution in [1.29, 1.82) is 0 Å². The maximum absolute atomic E-state index is 6.20. The van der Waals surface area contributed by atoms with Crippen LogP contribution in [-0.2, 0) is 0 Å². The molecule has 1 atom stereocenters. The molecule has 1 aliphatic rings. The molecule has 0 radical (unpaired) electrons. The van der Waals surface area contributed by atoms with E-state index in [9.17, 15) is 0 Å². The molecule has 3 aromatic rings. The topological polar surface area (TPSA) is 67.3 Å². The molecule has 0 saturated carbocycles. The maximum Gasteiger partial charge on any atom is 0.298 e. The van der Waals surface area contributed by atoms with Gasteiger partial charge in [-0.1, -0.05) is 16.8 Å². The number of oxazole rings is 1. The monoisotopic (exact) mass is 318 g/mol. The standard InChI is InChI=1S/C15H15ClN4O2/c1-9-8-17-4-5-20(9)15-19-12-7-10(16)6-11(14(12)21-15)13-2-3-18-22-13/h2-3,6-7,9,17H,4-5,8H2,1H3/t9-/m0/s1. The average molecular weight is 319 g/mol. The molecule has 114 valence electrons. The Labute approximate surface area is 132 Å². The van der Waals surface area contributed by atoms with Crippen LogP contribution in [0.5, 0.6) is 0 Å². The van der Waals surface area contributed by atoms with Gasteiger partial charge in [0.1, 0.15) is 5.52 Å². The highest BCUT2D eigenvalue weighted by molar-refractivity contribution is 6.31. The maximum atomic E-state index is 6.20. The molecule has 1 N–H and O–H groups in total. The first-order valence-corrected chi connectivity index (χ1v) is 7.58. The summed E-state index contributed by atoms with van der Waals surface area (Å²) in [6.45, 7) is 4.83. The van der Waals surface area contributed by atoms with E-state index in [0.29, 0.717) is 28.4 Å². The van der Waals surface area contributed by atoms with Crippen molar-refractivity contribution < 1.29 is 8.94 Å².